The van der Waals surface area contributed by atoms with E-state index in [1.807, 2.05) is 0 Å². The molecule has 3 rings (SSSR count). The molecule has 0 aromatic heterocycles. The molecule has 0 unspecified atom stereocenters. The number of rotatable bonds is 4. The van der Waals surface area contributed by atoms with Gasteiger partial charge in [0.25, 0.3) is 10.0 Å². The van der Waals surface area contributed by atoms with E-state index < -0.39 is 10.0 Å². The van der Waals surface area contributed by atoms with Crippen LogP contribution >= 0.6 is 0 Å². The molecular weight excluding hydrogens is 366 g/mol. The molecule has 0 fully saturated rings. The third-order valence-electron chi connectivity index (χ3n) is 4.38. The molecule has 0 saturated carbocycles. The van der Waals surface area contributed by atoms with E-state index in [9.17, 15) is 18.0 Å². The van der Waals surface area contributed by atoms with Crippen LogP contribution in [0, 0.1) is 0 Å². The van der Waals surface area contributed by atoms with Crippen LogP contribution in [0.5, 0.6) is 0 Å². The summed E-state index contributed by atoms with van der Waals surface area (Å²) in [5, 5.41) is 2.62. The Hall–Kier alpha value is -2.87. The molecule has 1 aliphatic rings. The second-order valence-corrected chi connectivity index (χ2v) is 8.17. The molecule has 2 aromatic carbocycles. The predicted octanol–water partition coefficient (Wildman–Crippen LogP) is 2.35. The van der Waals surface area contributed by atoms with Gasteiger partial charge in [-0.2, -0.15) is 0 Å². The van der Waals surface area contributed by atoms with E-state index in [1.54, 1.807) is 47.4 Å². The Kier molecular flexibility index (Phi) is 5.18. The van der Waals surface area contributed by atoms with Crippen molar-refractivity contribution in [3.8, 4) is 0 Å². The van der Waals surface area contributed by atoms with Gasteiger partial charge in [0.2, 0.25) is 11.8 Å². The van der Waals surface area contributed by atoms with E-state index in [0.29, 0.717) is 30.9 Å². The summed E-state index contributed by atoms with van der Waals surface area (Å²) in [6.45, 7) is 3.94. The normalized spacial score (nSPS) is 13.6. The number of nitrogens with zero attached hydrogens (tertiary/aromatic N) is 1. The van der Waals surface area contributed by atoms with Gasteiger partial charge >= 0.3 is 0 Å². The highest BCUT2D eigenvalue weighted by atomic mass is 32.2. The smallest absolute Gasteiger partial charge is 0.261 e. The average molecular weight is 387 g/mol. The molecule has 0 saturated heterocycles. The Morgan fingerprint density at radius 2 is 1.74 bits per heavy atom. The molecule has 142 valence electrons. The van der Waals surface area contributed by atoms with Crippen molar-refractivity contribution in [2.24, 2.45) is 0 Å². The Balaban J connectivity index is 1.85. The van der Waals surface area contributed by atoms with Crippen LogP contribution in [0.25, 0.3) is 0 Å². The molecule has 0 spiro atoms. The number of amides is 2. The number of fused-ring (bicyclic) bond motifs is 1. The Bertz CT molecular complexity index is 1000. The van der Waals surface area contributed by atoms with Crippen molar-refractivity contribution in [1.29, 1.82) is 0 Å². The van der Waals surface area contributed by atoms with Gasteiger partial charge in [0.15, 0.2) is 0 Å². The van der Waals surface area contributed by atoms with Crippen LogP contribution in [0.4, 0.5) is 11.4 Å². The van der Waals surface area contributed by atoms with Crippen molar-refractivity contribution in [2.45, 2.75) is 31.7 Å². The minimum atomic E-state index is -3.80. The van der Waals surface area contributed by atoms with Crippen LogP contribution in [0.15, 0.2) is 47.4 Å². The third kappa shape index (κ3) is 4.46. The van der Waals surface area contributed by atoms with Crippen LogP contribution in [0.3, 0.4) is 0 Å². The first-order valence-corrected chi connectivity index (χ1v) is 10.0. The maximum Gasteiger partial charge on any atom is 0.261 e. The summed E-state index contributed by atoms with van der Waals surface area (Å²) in [7, 11) is -3.80. The van der Waals surface area contributed by atoms with Gasteiger partial charge in [-0.1, -0.05) is 12.1 Å². The summed E-state index contributed by atoms with van der Waals surface area (Å²) < 4.78 is 28.0. The first-order valence-electron chi connectivity index (χ1n) is 8.52. The number of sulfonamides is 1. The van der Waals surface area contributed by atoms with E-state index in [1.165, 1.54) is 13.8 Å². The second-order valence-electron chi connectivity index (χ2n) is 6.49. The van der Waals surface area contributed by atoms with Gasteiger partial charge in [0.1, 0.15) is 0 Å². The SMILES string of the molecule is CC(=O)Nc1cccc(NS(=O)(=O)c2ccc3c(c2)CN(C(C)=O)CC3)c1. The van der Waals surface area contributed by atoms with Crippen molar-refractivity contribution in [3.05, 3.63) is 53.6 Å². The highest BCUT2D eigenvalue weighted by Gasteiger charge is 2.21. The summed E-state index contributed by atoms with van der Waals surface area (Å²) in [5.74, 6) is -0.262. The molecule has 1 heterocycles. The van der Waals surface area contributed by atoms with Crippen molar-refractivity contribution >= 4 is 33.2 Å². The third-order valence-corrected chi connectivity index (χ3v) is 5.76. The number of benzene rings is 2. The lowest BCUT2D eigenvalue weighted by Crippen LogP contribution is -2.34. The molecule has 0 aliphatic carbocycles. The first-order chi connectivity index (χ1) is 12.7. The number of hydrogen-bond donors (Lipinski definition) is 2. The molecular formula is C19H21N3O4S. The summed E-state index contributed by atoms with van der Waals surface area (Å²) in [6.07, 6.45) is 0.710. The molecule has 27 heavy (non-hydrogen) atoms. The average Bonchev–Trinajstić information content (AvgIpc) is 2.60. The van der Waals surface area contributed by atoms with Gasteiger partial charge in [0, 0.05) is 32.6 Å². The topological polar surface area (TPSA) is 95.6 Å². The van der Waals surface area contributed by atoms with Crippen LogP contribution in [0.1, 0.15) is 25.0 Å². The number of carbonyl (C=O) groups excluding carboxylic acids is 2. The fourth-order valence-corrected chi connectivity index (χ4v) is 4.15. The largest absolute Gasteiger partial charge is 0.338 e. The molecule has 2 N–H and O–H groups in total. The van der Waals surface area contributed by atoms with E-state index >= 15 is 0 Å². The van der Waals surface area contributed by atoms with Gasteiger partial charge in [0.05, 0.1) is 10.6 Å². The molecule has 7 nitrogen and oxygen atoms in total. The van der Waals surface area contributed by atoms with Crippen LogP contribution in [0.2, 0.25) is 0 Å². The zero-order chi connectivity index (χ0) is 19.6. The number of carbonyl (C=O) groups is 2. The Morgan fingerprint density at radius 3 is 2.44 bits per heavy atom. The molecule has 0 radical (unpaired) electrons. The van der Waals surface area contributed by atoms with Gasteiger partial charge in [-0.15, -0.1) is 0 Å². The van der Waals surface area contributed by atoms with Gasteiger partial charge in [-0.3, -0.25) is 14.3 Å². The number of anilines is 2. The highest BCUT2D eigenvalue weighted by molar-refractivity contribution is 7.92. The van der Waals surface area contributed by atoms with E-state index in [4.69, 9.17) is 0 Å². The summed E-state index contributed by atoms with van der Waals surface area (Å²) >= 11 is 0. The minimum absolute atomic E-state index is 0.0261. The highest BCUT2D eigenvalue weighted by Crippen LogP contribution is 2.25. The Morgan fingerprint density at radius 1 is 1.00 bits per heavy atom. The molecule has 2 aromatic rings. The standard InChI is InChI=1S/C19H21N3O4S/c1-13(23)20-17-4-3-5-18(11-17)21-27(25,26)19-7-6-15-8-9-22(14(2)24)12-16(15)10-19/h3-7,10-11,21H,8-9,12H2,1-2H3,(H,20,23). The molecule has 0 atom stereocenters. The summed E-state index contributed by atoms with van der Waals surface area (Å²) in [5.41, 5.74) is 2.75. The zero-order valence-electron chi connectivity index (χ0n) is 15.2. The van der Waals surface area contributed by atoms with E-state index in [-0.39, 0.29) is 16.7 Å². The lowest BCUT2D eigenvalue weighted by molar-refractivity contribution is -0.129. The summed E-state index contributed by atoms with van der Waals surface area (Å²) in [4.78, 5) is 24.6. The first kappa shape index (κ1) is 18.9. The van der Waals surface area contributed by atoms with Crippen molar-refractivity contribution in [1.82, 2.24) is 4.90 Å². The van der Waals surface area contributed by atoms with E-state index in [0.717, 1.165) is 11.1 Å². The molecule has 1 aliphatic heterocycles. The number of nitrogens with one attached hydrogen (secondary N) is 2. The Labute approximate surface area is 158 Å². The van der Waals surface area contributed by atoms with Gasteiger partial charge < -0.3 is 10.2 Å². The zero-order valence-corrected chi connectivity index (χ0v) is 16.0. The minimum Gasteiger partial charge on any atom is -0.338 e. The van der Waals surface area contributed by atoms with Crippen LogP contribution in [-0.2, 0) is 32.6 Å². The van der Waals surface area contributed by atoms with E-state index in [2.05, 4.69) is 10.0 Å². The molecule has 8 heteroatoms. The second kappa shape index (κ2) is 7.40. The monoisotopic (exact) mass is 387 g/mol. The van der Waals surface area contributed by atoms with Crippen LogP contribution in [-0.4, -0.2) is 31.7 Å². The predicted molar refractivity (Wildman–Crippen MR) is 103 cm³/mol. The fourth-order valence-electron chi connectivity index (χ4n) is 3.05. The van der Waals surface area contributed by atoms with Crippen LogP contribution < -0.4 is 10.0 Å². The van der Waals surface area contributed by atoms with Crippen molar-refractivity contribution < 1.29 is 18.0 Å². The van der Waals surface area contributed by atoms with Crippen molar-refractivity contribution in [3.63, 3.8) is 0 Å². The quantitative estimate of drug-likeness (QED) is 0.842. The fraction of sp³-hybridized carbons (Fsp3) is 0.263. The molecule has 2 amide bonds. The maximum absolute atomic E-state index is 12.8. The maximum atomic E-state index is 12.8. The lowest BCUT2D eigenvalue weighted by Gasteiger charge is -2.28. The van der Waals surface area contributed by atoms with Gasteiger partial charge in [-0.05, 0) is 47.9 Å². The lowest BCUT2D eigenvalue weighted by atomic mass is 10.00. The molecule has 0 bridgehead atoms. The van der Waals surface area contributed by atoms with Gasteiger partial charge in [-0.25, -0.2) is 8.42 Å². The van der Waals surface area contributed by atoms with Crippen molar-refractivity contribution in [2.75, 3.05) is 16.6 Å². The number of hydrogen-bond acceptors (Lipinski definition) is 4. The summed E-state index contributed by atoms with van der Waals surface area (Å²) in [6, 6.07) is 11.5.